The summed E-state index contributed by atoms with van der Waals surface area (Å²) in [5.41, 5.74) is 1.64. The number of aromatic nitrogens is 3. The zero-order valence-corrected chi connectivity index (χ0v) is 15.6. The SMILES string of the molecule is C[C@H](Nc1nnc([C@@H]2C[C@@H]2c2ccccn2)o1)C(=O)N1CCC2(CC1)CC2. The van der Waals surface area contributed by atoms with Crippen molar-refractivity contribution < 1.29 is 9.21 Å². The Kier molecular flexibility index (Phi) is 3.91. The van der Waals surface area contributed by atoms with Gasteiger partial charge in [-0.1, -0.05) is 11.2 Å². The molecule has 142 valence electrons. The number of rotatable bonds is 5. The Morgan fingerprint density at radius 2 is 2.04 bits per heavy atom. The van der Waals surface area contributed by atoms with Crippen molar-refractivity contribution in [1.29, 1.82) is 0 Å². The summed E-state index contributed by atoms with van der Waals surface area (Å²) < 4.78 is 5.78. The number of nitrogens with zero attached hydrogens (tertiary/aromatic N) is 4. The smallest absolute Gasteiger partial charge is 0.316 e. The lowest BCUT2D eigenvalue weighted by Gasteiger charge is -2.33. The summed E-state index contributed by atoms with van der Waals surface area (Å²) in [5.74, 6) is 1.32. The molecule has 3 heterocycles. The van der Waals surface area contributed by atoms with Crippen LogP contribution in [0.5, 0.6) is 0 Å². The zero-order chi connectivity index (χ0) is 18.4. The average Bonchev–Trinajstić information content (AvgIpc) is 3.61. The number of hydrogen-bond acceptors (Lipinski definition) is 6. The first kappa shape index (κ1) is 16.7. The molecule has 0 bridgehead atoms. The minimum Gasteiger partial charge on any atom is -0.408 e. The van der Waals surface area contributed by atoms with Crippen LogP contribution in [0.1, 0.15) is 62.4 Å². The van der Waals surface area contributed by atoms with Gasteiger partial charge in [-0.3, -0.25) is 9.78 Å². The van der Waals surface area contributed by atoms with Crippen LogP contribution in [0.2, 0.25) is 0 Å². The lowest BCUT2D eigenvalue weighted by molar-refractivity contribution is -0.133. The van der Waals surface area contributed by atoms with Gasteiger partial charge >= 0.3 is 6.01 Å². The molecule has 7 heteroatoms. The summed E-state index contributed by atoms with van der Waals surface area (Å²) in [5, 5.41) is 11.3. The van der Waals surface area contributed by atoms with Crippen molar-refractivity contribution in [3.63, 3.8) is 0 Å². The highest BCUT2D eigenvalue weighted by Crippen LogP contribution is 2.54. The summed E-state index contributed by atoms with van der Waals surface area (Å²) >= 11 is 0. The molecule has 2 aliphatic carbocycles. The molecule has 1 spiro atoms. The molecule has 3 fully saturated rings. The highest BCUT2D eigenvalue weighted by Gasteiger charge is 2.46. The lowest BCUT2D eigenvalue weighted by atomic mass is 9.93. The maximum Gasteiger partial charge on any atom is 0.316 e. The summed E-state index contributed by atoms with van der Waals surface area (Å²) in [7, 11) is 0. The molecule has 1 saturated heterocycles. The third-order valence-corrected chi connectivity index (χ3v) is 6.42. The van der Waals surface area contributed by atoms with Gasteiger partial charge in [0.15, 0.2) is 0 Å². The van der Waals surface area contributed by atoms with Crippen LogP contribution < -0.4 is 5.32 Å². The van der Waals surface area contributed by atoms with Crippen LogP contribution in [-0.2, 0) is 4.79 Å². The van der Waals surface area contributed by atoms with E-state index in [-0.39, 0.29) is 17.9 Å². The van der Waals surface area contributed by atoms with E-state index < -0.39 is 0 Å². The molecule has 0 radical (unpaired) electrons. The minimum atomic E-state index is -0.364. The molecule has 3 atom stereocenters. The van der Waals surface area contributed by atoms with Crippen LogP contribution in [0.3, 0.4) is 0 Å². The second kappa shape index (κ2) is 6.32. The molecule has 0 aromatic carbocycles. The Labute approximate surface area is 158 Å². The van der Waals surface area contributed by atoms with Gasteiger partial charge in [-0.25, -0.2) is 0 Å². The fourth-order valence-corrected chi connectivity index (χ4v) is 4.23. The number of carbonyl (C=O) groups excluding carboxylic acids is 1. The van der Waals surface area contributed by atoms with Crippen LogP contribution in [-0.4, -0.2) is 45.1 Å². The molecule has 7 nitrogen and oxygen atoms in total. The zero-order valence-electron chi connectivity index (χ0n) is 15.6. The van der Waals surface area contributed by atoms with E-state index in [9.17, 15) is 4.79 Å². The van der Waals surface area contributed by atoms with Gasteiger partial charge in [0.05, 0.1) is 0 Å². The molecule has 5 rings (SSSR count). The van der Waals surface area contributed by atoms with Crippen molar-refractivity contribution in [2.24, 2.45) is 5.41 Å². The van der Waals surface area contributed by atoms with Crippen molar-refractivity contribution in [2.45, 2.75) is 56.9 Å². The number of carbonyl (C=O) groups is 1. The van der Waals surface area contributed by atoms with Gasteiger partial charge in [0.1, 0.15) is 6.04 Å². The minimum absolute atomic E-state index is 0.114. The Morgan fingerprint density at radius 1 is 1.22 bits per heavy atom. The Balaban J connectivity index is 1.17. The quantitative estimate of drug-likeness (QED) is 0.875. The number of nitrogens with one attached hydrogen (secondary N) is 1. The highest BCUT2D eigenvalue weighted by atomic mass is 16.4. The lowest BCUT2D eigenvalue weighted by Crippen LogP contribution is -2.45. The number of hydrogen-bond donors (Lipinski definition) is 1. The van der Waals surface area contributed by atoms with E-state index in [0.29, 0.717) is 23.2 Å². The number of anilines is 1. The normalized spacial score (nSPS) is 26.6. The molecule has 2 aromatic heterocycles. The van der Waals surface area contributed by atoms with E-state index in [1.54, 1.807) is 0 Å². The first-order chi connectivity index (χ1) is 13.1. The van der Waals surface area contributed by atoms with Gasteiger partial charge in [0.2, 0.25) is 11.8 Å². The molecule has 2 aromatic rings. The molecule has 27 heavy (non-hydrogen) atoms. The highest BCUT2D eigenvalue weighted by molar-refractivity contribution is 5.83. The van der Waals surface area contributed by atoms with Crippen LogP contribution in [0, 0.1) is 5.41 Å². The Bertz CT molecular complexity index is 822. The van der Waals surface area contributed by atoms with Gasteiger partial charge < -0.3 is 14.6 Å². The number of pyridine rings is 1. The maximum atomic E-state index is 12.7. The van der Waals surface area contributed by atoms with E-state index >= 15 is 0 Å². The van der Waals surface area contributed by atoms with E-state index in [1.807, 2.05) is 36.2 Å². The maximum absolute atomic E-state index is 12.7. The molecule has 3 aliphatic rings. The third kappa shape index (κ3) is 3.31. The van der Waals surface area contributed by atoms with Gasteiger partial charge in [0, 0.05) is 36.8 Å². The van der Waals surface area contributed by atoms with Gasteiger partial charge in [0.25, 0.3) is 0 Å². The van der Waals surface area contributed by atoms with E-state index in [2.05, 4.69) is 20.5 Å². The monoisotopic (exact) mass is 367 g/mol. The van der Waals surface area contributed by atoms with Crippen LogP contribution in [0.4, 0.5) is 6.01 Å². The van der Waals surface area contributed by atoms with Crippen LogP contribution >= 0.6 is 0 Å². The fraction of sp³-hybridized carbons (Fsp3) is 0.600. The molecule has 0 unspecified atom stereocenters. The number of likely N-dealkylation sites (tertiary alicyclic amines) is 1. The summed E-state index contributed by atoms with van der Waals surface area (Å²) in [6.07, 6.45) is 7.76. The van der Waals surface area contributed by atoms with E-state index in [1.165, 1.54) is 12.8 Å². The largest absolute Gasteiger partial charge is 0.408 e. The van der Waals surface area contributed by atoms with Crippen molar-refractivity contribution in [3.05, 3.63) is 36.0 Å². The van der Waals surface area contributed by atoms with Gasteiger partial charge in [-0.15, -0.1) is 5.10 Å². The standard InChI is InChI=1S/C20H25N5O2/c1-13(18(26)25-10-7-20(5-6-20)8-11-25)22-19-24-23-17(27-19)15-12-14(15)16-4-2-3-9-21-16/h2-4,9,13-15H,5-8,10-12H2,1H3,(H,22,24)/t13-,14-,15+/m0/s1. The second-order valence-electron chi connectivity index (χ2n) is 8.34. The molecular formula is C20H25N5O2. The van der Waals surface area contributed by atoms with Crippen LogP contribution in [0.15, 0.2) is 28.8 Å². The fourth-order valence-electron chi connectivity index (χ4n) is 4.23. The topological polar surface area (TPSA) is 84.1 Å². The average molecular weight is 367 g/mol. The van der Waals surface area contributed by atoms with Gasteiger partial charge in [-0.05, 0) is 56.6 Å². The third-order valence-electron chi connectivity index (χ3n) is 6.42. The number of amides is 1. The summed E-state index contributed by atoms with van der Waals surface area (Å²) in [4.78, 5) is 19.1. The Hall–Kier alpha value is -2.44. The van der Waals surface area contributed by atoms with Crippen molar-refractivity contribution in [1.82, 2.24) is 20.1 Å². The van der Waals surface area contributed by atoms with E-state index in [0.717, 1.165) is 38.0 Å². The Morgan fingerprint density at radius 3 is 2.74 bits per heavy atom. The first-order valence-corrected chi connectivity index (χ1v) is 9.93. The molecular weight excluding hydrogens is 342 g/mol. The van der Waals surface area contributed by atoms with Crippen LogP contribution in [0.25, 0.3) is 0 Å². The molecule has 1 aliphatic heterocycles. The van der Waals surface area contributed by atoms with Crippen molar-refractivity contribution in [3.8, 4) is 0 Å². The predicted molar refractivity (Wildman–Crippen MR) is 99.2 cm³/mol. The molecule has 1 amide bonds. The summed E-state index contributed by atoms with van der Waals surface area (Å²) in [6, 6.07) is 5.91. The van der Waals surface area contributed by atoms with Crippen molar-refractivity contribution in [2.75, 3.05) is 18.4 Å². The summed E-state index contributed by atoms with van der Waals surface area (Å²) in [6.45, 7) is 3.60. The molecule has 1 N–H and O–H groups in total. The first-order valence-electron chi connectivity index (χ1n) is 9.93. The second-order valence-corrected chi connectivity index (χ2v) is 8.34. The number of piperidine rings is 1. The van der Waals surface area contributed by atoms with Crippen molar-refractivity contribution >= 4 is 11.9 Å². The van der Waals surface area contributed by atoms with E-state index in [4.69, 9.17) is 4.42 Å². The van der Waals surface area contributed by atoms with Gasteiger partial charge in [-0.2, -0.15) is 0 Å². The predicted octanol–water partition coefficient (Wildman–Crippen LogP) is 2.94. The molecule has 2 saturated carbocycles.